The molecule has 31 heavy (non-hydrogen) atoms. The average molecular weight is 442 g/mol. The molecule has 1 fully saturated rings. The zero-order valence-electron chi connectivity index (χ0n) is 18.7. The zero-order valence-corrected chi connectivity index (χ0v) is 19.6. The van der Waals surface area contributed by atoms with E-state index in [9.17, 15) is 9.59 Å². The molecule has 5 nitrogen and oxygen atoms in total. The van der Waals surface area contributed by atoms with Crippen LogP contribution in [-0.4, -0.2) is 35.7 Å². The maximum Gasteiger partial charge on any atom is 0.417 e. The molecule has 2 aromatic carbocycles. The molecule has 0 radical (unpaired) electrons. The van der Waals surface area contributed by atoms with E-state index in [4.69, 9.17) is 22.1 Å². The summed E-state index contributed by atoms with van der Waals surface area (Å²) in [4.78, 5) is 28.2. The van der Waals surface area contributed by atoms with E-state index in [1.807, 2.05) is 88.4 Å². The zero-order chi connectivity index (χ0) is 22.8. The maximum absolute atomic E-state index is 14.0. The molecule has 166 valence electrons. The predicted molar refractivity (Wildman–Crippen MR) is 124 cm³/mol. The van der Waals surface area contributed by atoms with Crippen LogP contribution in [0.5, 0.6) is 0 Å². The number of ether oxygens (including phenoxy) is 2. The summed E-state index contributed by atoms with van der Waals surface area (Å²) in [6.45, 7) is 7.67. The van der Waals surface area contributed by atoms with Gasteiger partial charge in [0.25, 0.3) is 0 Å². The molecule has 1 aliphatic heterocycles. The summed E-state index contributed by atoms with van der Waals surface area (Å²) < 4.78 is 11.5. The van der Waals surface area contributed by atoms with Gasteiger partial charge in [-0.25, -0.2) is 9.69 Å². The van der Waals surface area contributed by atoms with Gasteiger partial charge in [0.1, 0.15) is 5.60 Å². The first-order chi connectivity index (χ1) is 14.7. The predicted octanol–water partition coefficient (Wildman–Crippen LogP) is 5.44. The van der Waals surface area contributed by atoms with E-state index in [0.717, 1.165) is 11.1 Å². The molecule has 6 heteroatoms. The van der Waals surface area contributed by atoms with Crippen molar-refractivity contribution in [3.63, 3.8) is 0 Å². The number of thiol groups is 1. The van der Waals surface area contributed by atoms with E-state index in [1.54, 1.807) is 7.11 Å². The van der Waals surface area contributed by atoms with Crippen LogP contribution in [0.1, 0.15) is 50.2 Å². The van der Waals surface area contributed by atoms with Crippen LogP contribution in [0.15, 0.2) is 60.7 Å². The van der Waals surface area contributed by atoms with Crippen LogP contribution in [0, 0.1) is 11.8 Å². The standard InChI is InChI=1S/C25H31NO4S/c1-16(2)22-25(3,4)30-24(28)26(22)23(27)19(21(31)18-14-10-7-11-15-18)20(29-5)17-12-8-6-9-13-17/h6-16,19-22,31H,1-5H3/t19-,20+,21-,22+/m1/s1. The van der Waals surface area contributed by atoms with Gasteiger partial charge in [-0.2, -0.15) is 12.6 Å². The number of nitrogens with zero attached hydrogens (tertiary/aromatic N) is 1. The lowest BCUT2D eigenvalue weighted by Crippen LogP contribution is -2.51. The lowest BCUT2D eigenvalue weighted by atomic mass is 9.85. The first-order valence-corrected chi connectivity index (χ1v) is 11.1. The molecule has 0 unspecified atom stereocenters. The molecule has 4 atom stereocenters. The molecule has 0 aliphatic carbocycles. The third-order valence-electron chi connectivity index (χ3n) is 5.88. The average Bonchev–Trinajstić information content (AvgIpc) is 3.00. The number of methoxy groups -OCH3 is 1. The van der Waals surface area contributed by atoms with E-state index in [2.05, 4.69) is 0 Å². The van der Waals surface area contributed by atoms with Crippen molar-refractivity contribution in [2.45, 2.75) is 50.7 Å². The summed E-state index contributed by atoms with van der Waals surface area (Å²) >= 11 is 4.86. The summed E-state index contributed by atoms with van der Waals surface area (Å²) in [5.74, 6) is -1.05. The number of imide groups is 1. The summed E-state index contributed by atoms with van der Waals surface area (Å²) in [6.07, 6.45) is -1.20. The van der Waals surface area contributed by atoms with Gasteiger partial charge in [0.05, 0.1) is 18.1 Å². The van der Waals surface area contributed by atoms with Crippen molar-refractivity contribution in [2.75, 3.05) is 7.11 Å². The van der Waals surface area contributed by atoms with E-state index >= 15 is 0 Å². The molecular weight excluding hydrogens is 410 g/mol. The number of amides is 2. The number of cyclic esters (lactones) is 1. The first kappa shape index (κ1) is 23.4. The third kappa shape index (κ3) is 4.65. The number of rotatable bonds is 7. The molecule has 0 N–H and O–H groups in total. The fourth-order valence-electron chi connectivity index (χ4n) is 4.67. The Labute approximate surface area is 190 Å². The first-order valence-electron chi connectivity index (χ1n) is 10.6. The fraction of sp³-hybridized carbons (Fsp3) is 0.440. The number of carbonyl (C=O) groups is 2. The lowest BCUT2D eigenvalue weighted by Gasteiger charge is -2.36. The van der Waals surface area contributed by atoms with Crippen LogP contribution in [-0.2, 0) is 14.3 Å². The molecule has 0 saturated carbocycles. The molecule has 2 amide bonds. The van der Waals surface area contributed by atoms with Gasteiger partial charge in [-0.1, -0.05) is 74.5 Å². The fourth-order valence-corrected chi connectivity index (χ4v) is 5.12. The van der Waals surface area contributed by atoms with Crippen LogP contribution in [0.4, 0.5) is 4.79 Å². The van der Waals surface area contributed by atoms with E-state index in [1.165, 1.54) is 4.90 Å². The van der Waals surface area contributed by atoms with Crippen LogP contribution in [0.3, 0.4) is 0 Å². The van der Waals surface area contributed by atoms with Crippen molar-refractivity contribution in [3.05, 3.63) is 71.8 Å². The normalized spacial score (nSPS) is 20.9. The highest BCUT2D eigenvalue weighted by atomic mass is 32.1. The number of hydrogen-bond acceptors (Lipinski definition) is 5. The molecular formula is C25H31NO4S. The molecule has 2 aromatic rings. The minimum atomic E-state index is -0.778. The highest BCUT2D eigenvalue weighted by Gasteiger charge is 2.54. The van der Waals surface area contributed by atoms with E-state index in [-0.39, 0.29) is 17.9 Å². The molecule has 3 rings (SSSR count). The second-order valence-corrected chi connectivity index (χ2v) is 9.37. The van der Waals surface area contributed by atoms with Gasteiger partial charge >= 0.3 is 6.09 Å². The Morgan fingerprint density at radius 1 is 1.03 bits per heavy atom. The molecule has 1 saturated heterocycles. The molecule has 0 aromatic heterocycles. The quantitative estimate of drug-likeness (QED) is 0.581. The summed E-state index contributed by atoms with van der Waals surface area (Å²) in [5, 5.41) is -0.483. The topological polar surface area (TPSA) is 55.8 Å². The van der Waals surface area contributed by atoms with Crippen molar-refractivity contribution in [3.8, 4) is 0 Å². The van der Waals surface area contributed by atoms with E-state index < -0.39 is 29.0 Å². The van der Waals surface area contributed by atoms with Crippen LogP contribution in [0.2, 0.25) is 0 Å². The third-order valence-corrected chi connectivity index (χ3v) is 6.50. The Hall–Kier alpha value is -2.31. The van der Waals surface area contributed by atoms with Crippen LogP contribution >= 0.6 is 12.6 Å². The highest BCUT2D eigenvalue weighted by Crippen LogP contribution is 2.43. The minimum absolute atomic E-state index is 0.0267. The van der Waals surface area contributed by atoms with Crippen LogP contribution < -0.4 is 0 Å². The Morgan fingerprint density at radius 3 is 2.03 bits per heavy atom. The monoisotopic (exact) mass is 441 g/mol. The smallest absolute Gasteiger partial charge is 0.417 e. The number of carbonyl (C=O) groups excluding carboxylic acids is 2. The highest BCUT2D eigenvalue weighted by molar-refractivity contribution is 7.80. The molecule has 0 spiro atoms. The number of benzene rings is 2. The Bertz CT molecular complexity index is 900. The lowest BCUT2D eigenvalue weighted by molar-refractivity contribution is -0.139. The van der Waals surface area contributed by atoms with E-state index in [0.29, 0.717) is 0 Å². The maximum atomic E-state index is 14.0. The van der Waals surface area contributed by atoms with Crippen LogP contribution in [0.25, 0.3) is 0 Å². The van der Waals surface area contributed by atoms with Crippen molar-refractivity contribution in [1.82, 2.24) is 4.90 Å². The summed E-state index contributed by atoms with van der Waals surface area (Å²) in [7, 11) is 1.58. The summed E-state index contributed by atoms with van der Waals surface area (Å²) in [5.41, 5.74) is 0.959. The SMILES string of the molecule is CO[C@@H](c1ccccc1)[C@@H](C(=O)N1C(=O)OC(C)(C)[C@@H]1C(C)C)[C@H](S)c1ccccc1. The largest absolute Gasteiger partial charge is 0.441 e. The molecule has 1 heterocycles. The van der Waals surface area contributed by atoms with Crippen molar-refractivity contribution >= 4 is 24.6 Å². The van der Waals surface area contributed by atoms with Gasteiger partial charge in [-0.05, 0) is 30.9 Å². The molecule has 1 aliphatic rings. The number of hydrogen-bond donors (Lipinski definition) is 1. The van der Waals surface area contributed by atoms with Gasteiger partial charge in [-0.15, -0.1) is 0 Å². The van der Waals surface area contributed by atoms with Crippen molar-refractivity contribution < 1.29 is 19.1 Å². The Balaban J connectivity index is 2.09. The summed E-state index contributed by atoms with van der Waals surface area (Å²) in [6, 6.07) is 18.8. The minimum Gasteiger partial charge on any atom is -0.441 e. The van der Waals surface area contributed by atoms with Gasteiger partial charge in [0.15, 0.2) is 0 Å². The second-order valence-electron chi connectivity index (χ2n) is 8.82. The Kier molecular flexibility index (Phi) is 7.12. The Morgan fingerprint density at radius 2 is 1.55 bits per heavy atom. The van der Waals surface area contributed by atoms with Gasteiger partial charge in [0, 0.05) is 12.4 Å². The van der Waals surface area contributed by atoms with Crippen molar-refractivity contribution in [2.24, 2.45) is 11.8 Å². The van der Waals surface area contributed by atoms with Gasteiger partial charge < -0.3 is 9.47 Å². The molecule has 0 bridgehead atoms. The van der Waals surface area contributed by atoms with Gasteiger partial charge in [0.2, 0.25) is 5.91 Å². The van der Waals surface area contributed by atoms with Gasteiger partial charge in [-0.3, -0.25) is 4.79 Å². The second kappa shape index (κ2) is 9.45. The van der Waals surface area contributed by atoms with Crippen molar-refractivity contribution in [1.29, 1.82) is 0 Å².